The van der Waals surface area contributed by atoms with Crippen molar-refractivity contribution in [1.29, 1.82) is 0 Å². The van der Waals surface area contributed by atoms with Crippen LogP contribution in [0.15, 0.2) is 11.0 Å². The fourth-order valence-corrected chi connectivity index (χ4v) is 2.19. The predicted octanol–water partition coefficient (Wildman–Crippen LogP) is 2.88. The zero-order valence-electron chi connectivity index (χ0n) is 12.5. The summed E-state index contributed by atoms with van der Waals surface area (Å²) in [7, 11) is 0. The van der Waals surface area contributed by atoms with E-state index in [2.05, 4.69) is 24.3 Å². The number of rotatable bonds is 7. The van der Waals surface area contributed by atoms with E-state index in [4.69, 9.17) is 23.2 Å². The van der Waals surface area contributed by atoms with E-state index in [1.54, 1.807) is 0 Å². The largest absolute Gasteiger partial charge is 0.352 e. The molecule has 118 valence electrons. The van der Waals surface area contributed by atoms with Gasteiger partial charge in [0.05, 0.1) is 11.2 Å². The molecule has 1 amide bonds. The number of nitrogens with one attached hydrogen (secondary N) is 1. The van der Waals surface area contributed by atoms with Crippen molar-refractivity contribution in [2.45, 2.75) is 52.6 Å². The van der Waals surface area contributed by atoms with Crippen LogP contribution in [0.3, 0.4) is 0 Å². The second-order valence-corrected chi connectivity index (χ2v) is 6.35. The Balaban J connectivity index is 2.51. The summed E-state index contributed by atoms with van der Waals surface area (Å²) < 4.78 is 1.00. The van der Waals surface area contributed by atoms with Crippen molar-refractivity contribution in [3.8, 4) is 0 Å². The first-order chi connectivity index (χ1) is 9.81. The van der Waals surface area contributed by atoms with E-state index in [0.717, 1.165) is 23.9 Å². The molecule has 1 aromatic heterocycles. The van der Waals surface area contributed by atoms with Crippen molar-refractivity contribution in [3.05, 3.63) is 26.6 Å². The molecule has 0 saturated carbocycles. The maximum Gasteiger partial charge on any atom is 0.287 e. The van der Waals surface area contributed by atoms with Gasteiger partial charge >= 0.3 is 0 Å². The Morgan fingerprint density at radius 3 is 2.62 bits per heavy atom. The molecule has 0 aromatic carbocycles. The summed E-state index contributed by atoms with van der Waals surface area (Å²) in [5, 5.41) is 6.61. The molecule has 1 heterocycles. The van der Waals surface area contributed by atoms with Crippen molar-refractivity contribution in [3.63, 3.8) is 0 Å². The summed E-state index contributed by atoms with van der Waals surface area (Å²) in [6, 6.07) is 0.0646. The highest BCUT2D eigenvalue weighted by Gasteiger charge is 2.12. The van der Waals surface area contributed by atoms with Crippen LogP contribution in [0.2, 0.25) is 10.0 Å². The molecule has 21 heavy (non-hydrogen) atoms. The number of nitrogens with zero attached hydrogens (tertiary/aromatic N) is 2. The molecule has 0 radical (unpaired) electrons. The quantitative estimate of drug-likeness (QED) is 0.834. The van der Waals surface area contributed by atoms with Gasteiger partial charge in [-0.2, -0.15) is 5.10 Å². The van der Waals surface area contributed by atoms with Gasteiger partial charge < -0.3 is 5.32 Å². The topological polar surface area (TPSA) is 64.0 Å². The van der Waals surface area contributed by atoms with Crippen molar-refractivity contribution >= 4 is 29.1 Å². The molecule has 0 aliphatic carbocycles. The van der Waals surface area contributed by atoms with Crippen molar-refractivity contribution in [2.24, 2.45) is 5.92 Å². The molecule has 1 atom stereocenters. The van der Waals surface area contributed by atoms with E-state index in [1.165, 1.54) is 6.20 Å². The van der Waals surface area contributed by atoms with Gasteiger partial charge in [0.15, 0.2) is 0 Å². The summed E-state index contributed by atoms with van der Waals surface area (Å²) in [4.78, 5) is 23.6. The number of carbonyl (C=O) groups is 1. The van der Waals surface area contributed by atoms with Crippen LogP contribution in [0.1, 0.15) is 40.0 Å². The Labute approximate surface area is 134 Å². The van der Waals surface area contributed by atoms with E-state index in [-0.39, 0.29) is 28.5 Å². The minimum atomic E-state index is -0.563. The standard InChI is InChI=1S/C14H21Cl2N3O2/c1-9(2)5-4-6-10(3)18-12(20)8-19-14(21)13(16)11(15)7-17-19/h7,9-10H,4-6,8H2,1-3H3,(H,18,20)/t10-/m0/s1. The fourth-order valence-electron chi connectivity index (χ4n) is 1.92. The molecule has 0 aliphatic rings. The van der Waals surface area contributed by atoms with Gasteiger partial charge in [-0.3, -0.25) is 9.59 Å². The third-order valence-electron chi connectivity index (χ3n) is 3.06. The Hall–Kier alpha value is -1.07. The van der Waals surface area contributed by atoms with Gasteiger partial charge in [0.25, 0.3) is 5.56 Å². The zero-order chi connectivity index (χ0) is 16.0. The number of hydrogen-bond donors (Lipinski definition) is 1. The van der Waals surface area contributed by atoms with E-state index in [1.807, 2.05) is 6.92 Å². The zero-order valence-corrected chi connectivity index (χ0v) is 14.0. The third-order valence-corrected chi connectivity index (χ3v) is 3.81. The highest BCUT2D eigenvalue weighted by atomic mass is 35.5. The van der Waals surface area contributed by atoms with Crippen LogP contribution < -0.4 is 10.9 Å². The SMILES string of the molecule is CC(C)CCC[C@H](C)NC(=O)Cn1ncc(Cl)c(Cl)c1=O. The molecule has 0 fully saturated rings. The number of carbonyl (C=O) groups excluding carboxylic acids is 1. The third kappa shape index (κ3) is 6.06. The van der Waals surface area contributed by atoms with Crippen LogP contribution in [-0.2, 0) is 11.3 Å². The molecule has 0 spiro atoms. The molecule has 7 heteroatoms. The van der Waals surface area contributed by atoms with E-state index in [0.29, 0.717) is 5.92 Å². The van der Waals surface area contributed by atoms with Gasteiger partial charge in [-0.25, -0.2) is 4.68 Å². The van der Waals surface area contributed by atoms with E-state index in [9.17, 15) is 9.59 Å². The van der Waals surface area contributed by atoms with E-state index >= 15 is 0 Å². The van der Waals surface area contributed by atoms with Gasteiger partial charge in [-0.1, -0.05) is 49.9 Å². The Bertz CT molecular complexity index is 544. The lowest BCUT2D eigenvalue weighted by Gasteiger charge is -2.14. The highest BCUT2D eigenvalue weighted by molar-refractivity contribution is 6.41. The average Bonchev–Trinajstić information content (AvgIpc) is 2.39. The van der Waals surface area contributed by atoms with Crippen LogP contribution >= 0.6 is 23.2 Å². The second kappa shape index (κ2) is 8.39. The van der Waals surface area contributed by atoms with Gasteiger partial charge in [-0.15, -0.1) is 0 Å². The van der Waals surface area contributed by atoms with Crippen molar-refractivity contribution < 1.29 is 4.79 Å². The molecule has 1 aromatic rings. The summed E-state index contributed by atoms with van der Waals surface area (Å²) >= 11 is 11.4. The molecular formula is C14H21Cl2N3O2. The van der Waals surface area contributed by atoms with Gasteiger partial charge in [-0.05, 0) is 19.3 Å². The molecule has 0 bridgehead atoms. The fraction of sp³-hybridized carbons (Fsp3) is 0.643. The summed E-state index contributed by atoms with van der Waals surface area (Å²) in [5.41, 5.74) is -0.563. The lowest BCUT2D eigenvalue weighted by atomic mass is 10.0. The molecule has 0 unspecified atom stereocenters. The number of halogens is 2. The molecule has 1 N–H and O–H groups in total. The van der Waals surface area contributed by atoms with E-state index < -0.39 is 5.56 Å². The van der Waals surface area contributed by atoms with Crippen molar-refractivity contribution in [1.82, 2.24) is 15.1 Å². The maximum atomic E-state index is 11.9. The van der Waals surface area contributed by atoms with Crippen LogP contribution in [0.5, 0.6) is 0 Å². The lowest BCUT2D eigenvalue weighted by molar-refractivity contribution is -0.122. The minimum Gasteiger partial charge on any atom is -0.352 e. The lowest BCUT2D eigenvalue weighted by Crippen LogP contribution is -2.38. The normalized spacial score (nSPS) is 12.5. The van der Waals surface area contributed by atoms with Crippen LogP contribution in [0.4, 0.5) is 0 Å². The maximum absolute atomic E-state index is 11.9. The Morgan fingerprint density at radius 1 is 1.33 bits per heavy atom. The van der Waals surface area contributed by atoms with Crippen molar-refractivity contribution in [2.75, 3.05) is 0 Å². The first-order valence-corrected chi connectivity index (χ1v) is 7.77. The monoisotopic (exact) mass is 333 g/mol. The molecular weight excluding hydrogens is 313 g/mol. The molecule has 0 saturated heterocycles. The predicted molar refractivity (Wildman–Crippen MR) is 84.8 cm³/mol. The van der Waals surface area contributed by atoms with Crippen LogP contribution in [-0.4, -0.2) is 21.7 Å². The number of hydrogen-bond acceptors (Lipinski definition) is 3. The highest BCUT2D eigenvalue weighted by Crippen LogP contribution is 2.14. The Morgan fingerprint density at radius 2 is 2.00 bits per heavy atom. The Kier molecular flexibility index (Phi) is 7.18. The van der Waals surface area contributed by atoms with Crippen LogP contribution in [0, 0.1) is 5.92 Å². The molecule has 5 nitrogen and oxygen atoms in total. The minimum absolute atomic E-state index is 0.0646. The molecule has 0 aliphatic heterocycles. The number of aromatic nitrogens is 2. The molecule has 1 rings (SSSR count). The van der Waals surface area contributed by atoms with Gasteiger partial charge in [0.2, 0.25) is 5.91 Å². The van der Waals surface area contributed by atoms with Gasteiger partial charge in [0.1, 0.15) is 11.6 Å². The van der Waals surface area contributed by atoms with Crippen LogP contribution in [0.25, 0.3) is 0 Å². The first kappa shape index (κ1) is 18.0. The second-order valence-electron chi connectivity index (χ2n) is 5.56. The first-order valence-electron chi connectivity index (χ1n) is 7.01. The summed E-state index contributed by atoms with van der Waals surface area (Å²) in [6.07, 6.45) is 4.36. The van der Waals surface area contributed by atoms with Gasteiger partial charge in [0, 0.05) is 6.04 Å². The average molecular weight is 334 g/mol. The summed E-state index contributed by atoms with van der Waals surface area (Å²) in [5.74, 6) is 0.395. The smallest absolute Gasteiger partial charge is 0.287 e. The summed E-state index contributed by atoms with van der Waals surface area (Å²) in [6.45, 7) is 6.13. The number of amides is 1.